The van der Waals surface area contributed by atoms with Gasteiger partial charge in [-0.3, -0.25) is 0 Å². The van der Waals surface area contributed by atoms with Crippen molar-refractivity contribution in [3.05, 3.63) is 112 Å². The van der Waals surface area contributed by atoms with Gasteiger partial charge < -0.3 is 19.7 Å². The lowest BCUT2D eigenvalue weighted by molar-refractivity contribution is 0.0686. The summed E-state index contributed by atoms with van der Waals surface area (Å²) >= 11 is 52.5. The molecule has 2 unspecified atom stereocenters. The fraction of sp³-hybridized carbons (Fsp3) is 0.0769. The normalized spacial score (nSPS) is 19.1. The van der Waals surface area contributed by atoms with E-state index in [0.29, 0.717) is 0 Å². The Balaban J connectivity index is 1.94. The van der Waals surface area contributed by atoms with Crippen molar-refractivity contribution >= 4 is 105 Å². The van der Waals surface area contributed by atoms with Gasteiger partial charge in [0, 0.05) is 5.56 Å². The Morgan fingerprint density at radius 2 is 1.20 bits per heavy atom. The molecule has 0 aromatic heterocycles. The molecule has 3 aromatic rings. The number of aromatic carboxylic acids is 2. The maximum atomic E-state index is 11.4. The summed E-state index contributed by atoms with van der Waals surface area (Å²) in [6, 6.07) is 12.1. The average molecular weight is 704 g/mol. The van der Waals surface area contributed by atoms with Crippen LogP contribution in [0, 0.1) is 0 Å². The van der Waals surface area contributed by atoms with Crippen molar-refractivity contribution < 1.29 is 29.3 Å². The number of carbonyl (C=O) groups is 2. The molecule has 0 aliphatic heterocycles. The molecule has 0 heterocycles. The van der Waals surface area contributed by atoms with Crippen LogP contribution in [0.1, 0.15) is 26.3 Å². The number of carboxylic acid groups (broad SMARTS) is 2. The Morgan fingerprint density at radius 1 is 0.700 bits per heavy atom. The highest BCUT2D eigenvalue weighted by molar-refractivity contribution is 6.53. The Hall–Kier alpha value is -2.00. The largest absolute Gasteiger partial charge is 0.478 e. The van der Waals surface area contributed by atoms with E-state index in [4.69, 9.17) is 102 Å². The predicted molar refractivity (Wildman–Crippen MR) is 157 cm³/mol. The molecule has 40 heavy (non-hydrogen) atoms. The number of allylic oxidation sites excluding steroid dienone is 2. The minimum atomic E-state index is -2.01. The lowest BCUT2D eigenvalue weighted by atomic mass is 9.84. The second-order valence-corrected chi connectivity index (χ2v) is 11.2. The molecule has 0 fully saturated rings. The van der Waals surface area contributed by atoms with Crippen molar-refractivity contribution in [3.8, 4) is 11.5 Å². The molecule has 0 amide bonds. The quantitative estimate of drug-likeness (QED) is 0.145. The van der Waals surface area contributed by atoms with Crippen LogP contribution in [0.5, 0.6) is 11.5 Å². The topological polar surface area (TPSA) is 93.1 Å². The highest BCUT2D eigenvalue weighted by Crippen LogP contribution is 2.56. The van der Waals surface area contributed by atoms with Crippen molar-refractivity contribution in [2.75, 3.05) is 0 Å². The second kappa shape index (κ2) is 12.1. The molecular formula is C26H12Cl8O6. The first-order valence-electron chi connectivity index (χ1n) is 10.8. The molecule has 0 bridgehead atoms. The first-order chi connectivity index (χ1) is 18.8. The third kappa shape index (κ3) is 5.57. The van der Waals surface area contributed by atoms with Gasteiger partial charge in [-0.1, -0.05) is 81.2 Å². The van der Waals surface area contributed by atoms with Gasteiger partial charge in [0.1, 0.15) is 27.7 Å². The lowest BCUT2D eigenvalue weighted by Crippen LogP contribution is -2.47. The van der Waals surface area contributed by atoms with Gasteiger partial charge in [0.25, 0.3) is 0 Å². The predicted octanol–water partition coefficient (Wildman–Crippen LogP) is 9.81. The van der Waals surface area contributed by atoms with Crippen LogP contribution in [0.25, 0.3) is 0 Å². The van der Waals surface area contributed by atoms with E-state index in [0.717, 1.165) is 0 Å². The molecule has 2 N–H and O–H groups in total. The van der Waals surface area contributed by atoms with Gasteiger partial charge in [0.05, 0.1) is 41.3 Å². The van der Waals surface area contributed by atoms with Gasteiger partial charge in [-0.2, -0.15) is 0 Å². The van der Waals surface area contributed by atoms with E-state index in [1.54, 1.807) is 0 Å². The summed E-state index contributed by atoms with van der Waals surface area (Å²) in [4.78, 5) is 22.6. The Morgan fingerprint density at radius 3 is 1.70 bits per heavy atom. The Bertz CT molecular complexity index is 1580. The van der Waals surface area contributed by atoms with Gasteiger partial charge in [0.2, 0.25) is 0 Å². The molecule has 4 rings (SSSR count). The molecule has 0 saturated heterocycles. The third-order valence-corrected chi connectivity index (χ3v) is 9.40. The first-order valence-corrected chi connectivity index (χ1v) is 13.8. The number of hydrogen-bond acceptors (Lipinski definition) is 4. The number of carboxylic acids is 2. The van der Waals surface area contributed by atoms with E-state index >= 15 is 0 Å². The van der Waals surface area contributed by atoms with E-state index in [2.05, 4.69) is 0 Å². The fourth-order valence-corrected chi connectivity index (χ4v) is 6.11. The van der Waals surface area contributed by atoms with Crippen LogP contribution in [0.15, 0.2) is 75.5 Å². The van der Waals surface area contributed by atoms with E-state index in [1.807, 2.05) is 0 Å². The maximum absolute atomic E-state index is 11.4. The highest BCUT2D eigenvalue weighted by Gasteiger charge is 2.55. The molecule has 1 aliphatic rings. The number of rotatable bonds is 7. The summed E-state index contributed by atoms with van der Waals surface area (Å²) in [5, 5.41) is 16.1. The zero-order valence-corrected chi connectivity index (χ0v) is 25.4. The summed E-state index contributed by atoms with van der Waals surface area (Å²) in [6.45, 7) is 0. The van der Waals surface area contributed by atoms with Crippen LogP contribution in [0.2, 0.25) is 20.1 Å². The molecule has 0 radical (unpaired) electrons. The van der Waals surface area contributed by atoms with Gasteiger partial charge in [-0.15, -0.1) is 11.6 Å². The molecule has 208 valence electrons. The van der Waals surface area contributed by atoms with Crippen molar-refractivity contribution in [1.29, 1.82) is 0 Å². The molecule has 0 spiro atoms. The molecule has 3 aromatic carbocycles. The number of hydrogen-bond donors (Lipinski definition) is 2. The minimum absolute atomic E-state index is 0.0131. The van der Waals surface area contributed by atoms with Gasteiger partial charge in [0.15, 0.2) is 5.60 Å². The monoisotopic (exact) mass is 700 g/mol. The number of ether oxygens (including phenoxy) is 2. The van der Waals surface area contributed by atoms with E-state index in [-0.39, 0.29) is 69.1 Å². The van der Waals surface area contributed by atoms with Gasteiger partial charge in [-0.05, 0) is 54.6 Å². The third-order valence-electron chi connectivity index (χ3n) is 5.73. The molecule has 2 atom stereocenters. The molecule has 14 heteroatoms. The second-order valence-electron chi connectivity index (χ2n) is 8.12. The first kappa shape index (κ1) is 30.9. The van der Waals surface area contributed by atoms with Gasteiger partial charge >= 0.3 is 11.9 Å². The fourth-order valence-electron chi connectivity index (χ4n) is 3.76. The maximum Gasteiger partial charge on any atom is 0.335 e. The Kier molecular flexibility index (Phi) is 9.35. The summed E-state index contributed by atoms with van der Waals surface area (Å²) in [6.07, 6.45) is 0. The number of alkyl halides is 1. The van der Waals surface area contributed by atoms with Crippen LogP contribution in [-0.2, 0) is 5.60 Å². The summed E-state index contributed by atoms with van der Waals surface area (Å²) in [5.74, 6) is -2.18. The van der Waals surface area contributed by atoms with Crippen LogP contribution in [-0.4, -0.2) is 27.5 Å². The summed E-state index contributed by atoms with van der Waals surface area (Å²) in [7, 11) is 0. The molecule has 6 nitrogen and oxygen atoms in total. The van der Waals surface area contributed by atoms with Crippen LogP contribution < -0.4 is 9.47 Å². The number of halogens is 8. The lowest BCUT2D eigenvalue weighted by Gasteiger charge is -2.42. The van der Waals surface area contributed by atoms with Crippen molar-refractivity contribution in [2.24, 2.45) is 0 Å². The Labute approximate surface area is 267 Å². The van der Waals surface area contributed by atoms with Crippen molar-refractivity contribution in [2.45, 2.75) is 11.0 Å². The molecular weight excluding hydrogens is 692 g/mol. The summed E-state index contributed by atoms with van der Waals surface area (Å²) in [5.41, 5.74) is -1.97. The van der Waals surface area contributed by atoms with E-state index in [9.17, 15) is 19.8 Å². The minimum Gasteiger partial charge on any atom is -0.478 e. The van der Waals surface area contributed by atoms with Crippen LogP contribution in [0.4, 0.5) is 0 Å². The zero-order valence-electron chi connectivity index (χ0n) is 19.3. The van der Waals surface area contributed by atoms with Crippen LogP contribution >= 0.6 is 92.8 Å². The molecule has 0 saturated carbocycles. The van der Waals surface area contributed by atoms with Crippen molar-refractivity contribution in [3.63, 3.8) is 0 Å². The zero-order chi connectivity index (χ0) is 29.5. The summed E-state index contributed by atoms with van der Waals surface area (Å²) < 4.78 is 12.3. The standard InChI is InChI=1S/C26H12Cl8O6/c27-15-9-14(16(28)18(30)17(15)29)26(40-13-7-3-11(4-8-13)25(37)38)22(33)20(32)19(31)21(23(26)34)39-12-5-1-10(2-6-12)24(35)36/h1-9,23H,(H,35,36)(H,37,38). The van der Waals surface area contributed by atoms with Crippen LogP contribution in [0.3, 0.4) is 0 Å². The molecule has 1 aliphatic carbocycles. The van der Waals surface area contributed by atoms with Gasteiger partial charge in [-0.25, -0.2) is 9.59 Å². The average Bonchev–Trinajstić information content (AvgIpc) is 2.93. The van der Waals surface area contributed by atoms with Crippen molar-refractivity contribution in [1.82, 2.24) is 0 Å². The smallest absolute Gasteiger partial charge is 0.335 e. The highest BCUT2D eigenvalue weighted by atomic mass is 35.5. The SMILES string of the molecule is O=C(O)c1ccc(OC2=C(Cl)C(Cl)=C(Cl)C(Oc3ccc(C(=O)O)cc3)(c3cc(Cl)c(Cl)c(Cl)c3Cl)C2Cl)cc1. The number of benzene rings is 3. The van der Waals surface area contributed by atoms with E-state index in [1.165, 1.54) is 54.6 Å². The van der Waals surface area contributed by atoms with E-state index < -0.39 is 22.9 Å².